The summed E-state index contributed by atoms with van der Waals surface area (Å²) in [5.74, 6) is 0. The predicted octanol–water partition coefficient (Wildman–Crippen LogP) is 1.68. The van der Waals surface area contributed by atoms with Gasteiger partial charge >= 0.3 is 6.03 Å². The molecule has 3 N–H and O–H groups in total. The van der Waals surface area contributed by atoms with Crippen LogP contribution in [0.1, 0.15) is 37.1 Å². The maximum absolute atomic E-state index is 11.8. The molecule has 0 aromatic carbocycles. The molecule has 6 heteroatoms. The number of aryl methyl sites for hydroxylation is 1. The highest BCUT2D eigenvalue weighted by Crippen LogP contribution is 2.27. The fourth-order valence-electron chi connectivity index (χ4n) is 2.30. The van der Waals surface area contributed by atoms with E-state index in [1.165, 1.54) is 5.56 Å². The van der Waals surface area contributed by atoms with Crippen LogP contribution in [0.25, 0.3) is 0 Å². The molecule has 0 radical (unpaired) electrons. The van der Waals surface area contributed by atoms with Gasteiger partial charge in [-0.3, -0.25) is 5.10 Å². The Morgan fingerprint density at radius 3 is 3.30 bits per heavy atom. The molecule has 1 aromatic rings. The second-order valence-corrected chi connectivity index (χ2v) is 5.16. The van der Waals surface area contributed by atoms with Gasteiger partial charge in [0.15, 0.2) is 0 Å². The minimum absolute atomic E-state index is 0.0255. The molecule has 110 valence electrons. The highest BCUT2D eigenvalue weighted by Gasteiger charge is 2.23. The summed E-state index contributed by atoms with van der Waals surface area (Å²) < 4.78 is 5.32. The number of aromatic nitrogens is 2. The van der Waals surface area contributed by atoms with Crippen molar-refractivity contribution in [2.45, 2.75) is 32.2 Å². The zero-order valence-electron chi connectivity index (χ0n) is 11.9. The minimum Gasteiger partial charge on any atom is -0.375 e. The van der Waals surface area contributed by atoms with Crippen molar-refractivity contribution in [1.82, 2.24) is 20.8 Å². The first-order valence-corrected chi connectivity index (χ1v) is 6.95. The van der Waals surface area contributed by atoms with E-state index in [2.05, 4.69) is 27.4 Å². The van der Waals surface area contributed by atoms with Crippen molar-refractivity contribution in [2.75, 3.05) is 19.8 Å². The first-order valence-electron chi connectivity index (χ1n) is 6.95. The molecule has 0 spiro atoms. The number of aromatic amines is 1. The third-order valence-corrected chi connectivity index (χ3v) is 3.22. The van der Waals surface area contributed by atoms with Gasteiger partial charge in [0.25, 0.3) is 0 Å². The second kappa shape index (κ2) is 7.09. The second-order valence-electron chi connectivity index (χ2n) is 5.16. The van der Waals surface area contributed by atoms with Gasteiger partial charge in [-0.15, -0.1) is 0 Å². The van der Waals surface area contributed by atoms with E-state index in [1.807, 2.05) is 13.1 Å². The summed E-state index contributed by atoms with van der Waals surface area (Å²) in [4.78, 5) is 11.8. The van der Waals surface area contributed by atoms with E-state index in [0.29, 0.717) is 19.8 Å². The Bertz CT molecular complexity index is 469. The molecule has 1 aromatic heterocycles. The smallest absolute Gasteiger partial charge is 0.315 e. The number of fused-ring (bicyclic) bond motifs is 1. The van der Waals surface area contributed by atoms with Crippen LogP contribution in [-0.4, -0.2) is 36.0 Å². The summed E-state index contributed by atoms with van der Waals surface area (Å²) in [6.07, 6.45) is 4.88. The van der Waals surface area contributed by atoms with Gasteiger partial charge in [0.2, 0.25) is 0 Å². The molecule has 0 bridgehead atoms. The molecule has 0 saturated carbocycles. The number of hydrogen-bond acceptors (Lipinski definition) is 3. The van der Waals surface area contributed by atoms with E-state index in [4.69, 9.17) is 4.74 Å². The molecular formula is C14H22N4O2. The van der Waals surface area contributed by atoms with Crippen molar-refractivity contribution in [3.8, 4) is 0 Å². The van der Waals surface area contributed by atoms with Crippen LogP contribution in [-0.2, 0) is 11.2 Å². The molecule has 1 atom stereocenters. The summed E-state index contributed by atoms with van der Waals surface area (Å²) in [6, 6.07) is -0.144. The Kier molecular flexibility index (Phi) is 5.17. The van der Waals surface area contributed by atoms with Crippen molar-refractivity contribution in [3.63, 3.8) is 0 Å². The SMILES string of the molecule is C=C(C)COCCNC(=O)N[C@@H]1CCCc2cn[nH]c21. The number of nitrogens with zero attached hydrogens (tertiary/aromatic N) is 1. The Hall–Kier alpha value is -1.82. The molecule has 6 nitrogen and oxygen atoms in total. The highest BCUT2D eigenvalue weighted by molar-refractivity contribution is 5.74. The summed E-state index contributed by atoms with van der Waals surface area (Å²) in [5.41, 5.74) is 3.21. The van der Waals surface area contributed by atoms with Gasteiger partial charge < -0.3 is 15.4 Å². The monoisotopic (exact) mass is 278 g/mol. The third kappa shape index (κ3) is 4.09. The number of urea groups is 1. The number of ether oxygens (including phenoxy) is 1. The molecule has 0 unspecified atom stereocenters. The summed E-state index contributed by atoms with van der Waals surface area (Å²) >= 11 is 0. The number of nitrogens with one attached hydrogen (secondary N) is 3. The van der Waals surface area contributed by atoms with Crippen LogP contribution in [0.2, 0.25) is 0 Å². The lowest BCUT2D eigenvalue weighted by atomic mass is 9.94. The van der Waals surface area contributed by atoms with Gasteiger partial charge in [-0.2, -0.15) is 5.10 Å². The molecular weight excluding hydrogens is 256 g/mol. The van der Waals surface area contributed by atoms with Gasteiger partial charge in [-0.05, 0) is 31.7 Å². The van der Waals surface area contributed by atoms with Crippen LogP contribution in [0.3, 0.4) is 0 Å². The average Bonchev–Trinajstić information content (AvgIpc) is 2.87. The van der Waals surface area contributed by atoms with E-state index in [0.717, 1.165) is 30.5 Å². The predicted molar refractivity (Wildman–Crippen MR) is 76.4 cm³/mol. The molecule has 2 amide bonds. The van der Waals surface area contributed by atoms with Gasteiger partial charge in [0.1, 0.15) is 0 Å². The molecule has 1 aliphatic carbocycles. The lowest BCUT2D eigenvalue weighted by molar-refractivity contribution is 0.157. The molecule has 0 saturated heterocycles. The molecule has 0 fully saturated rings. The van der Waals surface area contributed by atoms with E-state index in [9.17, 15) is 4.79 Å². The Morgan fingerprint density at radius 1 is 1.65 bits per heavy atom. The number of hydrogen-bond donors (Lipinski definition) is 3. The van der Waals surface area contributed by atoms with Gasteiger partial charge in [0, 0.05) is 6.54 Å². The van der Waals surface area contributed by atoms with Crippen molar-refractivity contribution >= 4 is 6.03 Å². The van der Waals surface area contributed by atoms with E-state index in [1.54, 1.807) is 0 Å². The Morgan fingerprint density at radius 2 is 2.50 bits per heavy atom. The van der Waals surface area contributed by atoms with E-state index >= 15 is 0 Å². The molecule has 1 heterocycles. The molecule has 0 aliphatic heterocycles. The zero-order valence-corrected chi connectivity index (χ0v) is 11.9. The summed E-state index contributed by atoms with van der Waals surface area (Å²) in [6.45, 7) is 7.16. The van der Waals surface area contributed by atoms with Crippen LogP contribution in [0.4, 0.5) is 4.79 Å². The fraction of sp³-hybridized carbons (Fsp3) is 0.571. The maximum Gasteiger partial charge on any atom is 0.315 e. The Balaban J connectivity index is 1.69. The number of carbonyl (C=O) groups excluding carboxylic acids is 1. The average molecular weight is 278 g/mol. The summed E-state index contributed by atoms with van der Waals surface area (Å²) in [5, 5.41) is 12.8. The highest BCUT2D eigenvalue weighted by atomic mass is 16.5. The van der Waals surface area contributed by atoms with Gasteiger partial charge in [-0.25, -0.2) is 4.79 Å². The van der Waals surface area contributed by atoms with Crippen LogP contribution in [0.15, 0.2) is 18.3 Å². The number of rotatable bonds is 6. The standard InChI is InChI=1S/C14H22N4O2/c1-10(2)9-20-7-6-15-14(19)17-12-5-3-4-11-8-16-18-13(11)12/h8,12H,1,3-7,9H2,2H3,(H,16,18)(H2,15,17,19)/t12-/m1/s1. The van der Waals surface area contributed by atoms with Crippen molar-refractivity contribution in [3.05, 3.63) is 29.6 Å². The lowest BCUT2D eigenvalue weighted by Gasteiger charge is -2.23. The number of carbonyl (C=O) groups is 1. The van der Waals surface area contributed by atoms with Crippen molar-refractivity contribution < 1.29 is 9.53 Å². The number of amides is 2. The minimum atomic E-state index is -0.170. The number of H-pyrrole nitrogens is 1. The van der Waals surface area contributed by atoms with Crippen LogP contribution in [0.5, 0.6) is 0 Å². The Labute approximate surface area is 119 Å². The topological polar surface area (TPSA) is 79.0 Å². The van der Waals surface area contributed by atoms with E-state index < -0.39 is 0 Å². The van der Waals surface area contributed by atoms with E-state index in [-0.39, 0.29) is 12.1 Å². The summed E-state index contributed by atoms with van der Waals surface area (Å²) in [7, 11) is 0. The fourth-order valence-corrected chi connectivity index (χ4v) is 2.30. The van der Waals surface area contributed by atoms with Crippen LogP contribution < -0.4 is 10.6 Å². The quantitative estimate of drug-likeness (QED) is 0.547. The molecule has 1 aliphatic rings. The third-order valence-electron chi connectivity index (χ3n) is 3.22. The first-order chi connectivity index (χ1) is 9.66. The van der Waals surface area contributed by atoms with Gasteiger partial charge in [-0.1, -0.05) is 12.2 Å². The molecule has 20 heavy (non-hydrogen) atoms. The largest absolute Gasteiger partial charge is 0.375 e. The lowest BCUT2D eigenvalue weighted by Crippen LogP contribution is -2.40. The van der Waals surface area contributed by atoms with Crippen LogP contribution in [0, 0.1) is 0 Å². The van der Waals surface area contributed by atoms with Crippen molar-refractivity contribution in [2.24, 2.45) is 0 Å². The van der Waals surface area contributed by atoms with Crippen LogP contribution >= 0.6 is 0 Å². The molecule has 2 rings (SSSR count). The van der Waals surface area contributed by atoms with Gasteiger partial charge in [0.05, 0.1) is 31.1 Å². The van der Waals surface area contributed by atoms with Crippen molar-refractivity contribution in [1.29, 1.82) is 0 Å². The zero-order chi connectivity index (χ0) is 14.4. The first kappa shape index (κ1) is 14.6. The maximum atomic E-state index is 11.8. The normalized spacial score (nSPS) is 17.4.